The number of carbonyl (C=O) groups is 2. The molecule has 0 aromatic heterocycles. The number of methoxy groups -OCH3 is 1. The van der Waals surface area contributed by atoms with Crippen molar-refractivity contribution in [1.82, 2.24) is 9.80 Å². The summed E-state index contributed by atoms with van der Waals surface area (Å²) in [5, 5.41) is 0. The maximum absolute atomic E-state index is 13.5. The summed E-state index contributed by atoms with van der Waals surface area (Å²) in [6, 6.07) is 4.90. The van der Waals surface area contributed by atoms with Crippen molar-refractivity contribution in [1.29, 1.82) is 0 Å². The van der Waals surface area contributed by atoms with Gasteiger partial charge in [-0.2, -0.15) is 0 Å². The molecule has 3 fully saturated rings. The largest absolute Gasteiger partial charge is 0.497 e. The lowest BCUT2D eigenvalue weighted by atomic mass is 9.87. The van der Waals surface area contributed by atoms with Gasteiger partial charge < -0.3 is 19.4 Å². The van der Waals surface area contributed by atoms with Gasteiger partial charge in [-0.15, -0.1) is 0 Å². The van der Waals surface area contributed by atoms with Crippen molar-refractivity contribution in [2.45, 2.75) is 41.6 Å². The van der Waals surface area contributed by atoms with E-state index < -0.39 is 30.8 Å². The number of carbonyl (C=O) groups excluding carboxylic acids is 2. The topological polar surface area (TPSA) is 54.2 Å². The van der Waals surface area contributed by atoms with Crippen LogP contribution in [0.15, 0.2) is 22.7 Å². The highest BCUT2D eigenvalue weighted by Crippen LogP contribution is 2.63. The zero-order valence-corrected chi connectivity index (χ0v) is 18.5. The summed E-state index contributed by atoms with van der Waals surface area (Å²) in [6.07, 6.45) is 0.245. The monoisotopic (exact) mass is 467 g/mol. The van der Waals surface area contributed by atoms with Crippen LogP contribution in [0.3, 0.4) is 0 Å². The Bertz CT molecular complexity index is 979. The second-order valence-corrected chi connectivity index (χ2v) is 11.4. The number of hydrogen-bond acceptors (Lipinski definition) is 4. The van der Waals surface area contributed by atoms with E-state index in [0.717, 1.165) is 10.0 Å². The predicted molar refractivity (Wildman–Crippen MR) is 109 cm³/mol. The molecule has 0 saturated carbocycles. The molecule has 1 aromatic rings. The van der Waals surface area contributed by atoms with Crippen LogP contribution in [-0.2, 0) is 30.2 Å². The molecule has 1 aromatic carbocycles. The molecule has 1 unspecified atom stereocenters. The molecule has 3 aliphatic heterocycles. The van der Waals surface area contributed by atoms with E-state index in [2.05, 4.69) is 20.8 Å². The van der Waals surface area contributed by atoms with Gasteiger partial charge in [0.25, 0.3) is 17.4 Å². The smallest absolute Gasteiger partial charge is 0.261 e. The molecule has 3 heterocycles. The van der Waals surface area contributed by atoms with E-state index in [-0.39, 0.29) is 18.2 Å². The zero-order chi connectivity index (χ0) is 19.9. The molecular weight excluding hydrogens is 450 g/mol. The van der Waals surface area contributed by atoms with Gasteiger partial charge in [-0.25, -0.2) is 6.57 Å². The molecule has 142 valence electrons. The maximum atomic E-state index is 13.5. The summed E-state index contributed by atoms with van der Waals surface area (Å²) in [4.78, 5) is 31.6. The lowest BCUT2D eigenvalue weighted by molar-refractivity contribution is -0.159. The Labute approximate surface area is 173 Å². The first kappa shape index (κ1) is 18.8. The SMILES string of the molecule is [C-]#[N+][C@@]1(C)C[C@]23C(=O)N(C)[C@](C)(C(=O)N2[C@H]1c1cc(OC)ccc1Br)S3=S. The van der Waals surface area contributed by atoms with Gasteiger partial charge in [0, 0.05) is 24.0 Å². The number of hydrogen-bond donors (Lipinski definition) is 0. The second kappa shape index (κ2) is 5.52. The number of rotatable bonds is 2. The van der Waals surface area contributed by atoms with Gasteiger partial charge in [-0.1, -0.05) is 15.9 Å². The molecule has 6 nitrogen and oxygen atoms in total. The molecule has 3 saturated heterocycles. The molecule has 4 rings (SSSR count). The van der Waals surface area contributed by atoms with Crippen molar-refractivity contribution < 1.29 is 14.3 Å². The molecule has 3 aliphatic rings. The highest BCUT2D eigenvalue weighted by atomic mass is 79.9. The summed E-state index contributed by atoms with van der Waals surface area (Å²) in [5.74, 6) is 0.305. The number of piperazine rings is 1. The van der Waals surface area contributed by atoms with Crippen LogP contribution in [0.4, 0.5) is 0 Å². The van der Waals surface area contributed by atoms with Crippen molar-refractivity contribution in [3.05, 3.63) is 39.7 Å². The average molecular weight is 468 g/mol. The van der Waals surface area contributed by atoms with E-state index in [9.17, 15) is 9.59 Å². The van der Waals surface area contributed by atoms with Gasteiger partial charge in [0.2, 0.25) is 0 Å². The van der Waals surface area contributed by atoms with Crippen LogP contribution in [0.25, 0.3) is 4.85 Å². The lowest BCUT2D eigenvalue weighted by Crippen LogP contribution is -2.60. The highest BCUT2D eigenvalue weighted by molar-refractivity contribution is 9.10. The molecule has 1 spiro atoms. The number of nitrogens with zero attached hydrogens (tertiary/aromatic N) is 3. The Morgan fingerprint density at radius 2 is 2.04 bits per heavy atom. The van der Waals surface area contributed by atoms with Gasteiger partial charge >= 0.3 is 0 Å². The number of benzene rings is 1. The third-order valence-electron chi connectivity index (χ3n) is 6.15. The van der Waals surface area contributed by atoms with Crippen LogP contribution in [0, 0.1) is 6.57 Å². The van der Waals surface area contributed by atoms with Crippen LogP contribution < -0.4 is 4.74 Å². The fraction of sp³-hybridized carbons (Fsp3) is 0.500. The lowest BCUT2D eigenvalue weighted by Gasteiger charge is -2.39. The van der Waals surface area contributed by atoms with Crippen molar-refractivity contribution in [2.75, 3.05) is 14.2 Å². The third kappa shape index (κ3) is 1.91. The fourth-order valence-corrected chi connectivity index (χ4v) is 8.61. The Balaban J connectivity index is 2.00. The van der Waals surface area contributed by atoms with Gasteiger partial charge in [-0.05, 0) is 45.8 Å². The van der Waals surface area contributed by atoms with Gasteiger partial charge in [0.05, 0.1) is 13.5 Å². The fourth-order valence-electron chi connectivity index (χ4n) is 4.64. The molecule has 5 atom stereocenters. The minimum Gasteiger partial charge on any atom is -0.497 e. The molecule has 2 amide bonds. The molecule has 27 heavy (non-hydrogen) atoms. The minimum absolute atomic E-state index is 0.153. The van der Waals surface area contributed by atoms with Gasteiger partial charge in [-0.3, -0.25) is 9.59 Å². The Morgan fingerprint density at radius 1 is 1.37 bits per heavy atom. The van der Waals surface area contributed by atoms with Crippen LogP contribution in [0.1, 0.15) is 31.9 Å². The Kier molecular flexibility index (Phi) is 3.85. The normalized spacial score (nSPS) is 39.7. The molecule has 0 N–H and O–H groups in total. The minimum atomic E-state index is -1.12. The number of ether oxygens (including phenoxy) is 1. The first-order valence-electron chi connectivity index (χ1n) is 8.35. The van der Waals surface area contributed by atoms with E-state index in [1.54, 1.807) is 26.0 Å². The van der Waals surface area contributed by atoms with Gasteiger partial charge in [0.1, 0.15) is 11.8 Å². The number of halogens is 1. The number of likely N-dealkylation sites (N-methyl/N-ethyl adjacent to an activating group) is 1. The van der Waals surface area contributed by atoms with Crippen LogP contribution in [0.2, 0.25) is 0 Å². The van der Waals surface area contributed by atoms with E-state index in [0.29, 0.717) is 5.75 Å². The molecule has 2 bridgehead atoms. The quantitative estimate of drug-likeness (QED) is 0.626. The number of fused-ring (bicyclic) bond motifs is 1. The van der Waals surface area contributed by atoms with E-state index >= 15 is 0 Å². The summed E-state index contributed by atoms with van der Waals surface area (Å²) in [6.45, 7) is 11.4. The van der Waals surface area contributed by atoms with E-state index in [1.165, 1.54) is 4.90 Å². The van der Waals surface area contributed by atoms with Crippen molar-refractivity contribution >= 4 is 48.4 Å². The predicted octanol–water partition coefficient (Wildman–Crippen LogP) is 2.39. The Hall–Kier alpha value is -1.50. The average Bonchev–Trinajstić information content (AvgIpc) is 3.08. The highest BCUT2D eigenvalue weighted by Gasteiger charge is 2.82. The summed E-state index contributed by atoms with van der Waals surface area (Å²) < 4.78 is 6.12. The van der Waals surface area contributed by atoms with E-state index in [4.69, 9.17) is 22.5 Å². The summed E-state index contributed by atoms with van der Waals surface area (Å²) in [5.41, 5.74) is -0.201. The summed E-state index contributed by atoms with van der Waals surface area (Å²) >= 11 is 9.34. The second-order valence-electron chi connectivity index (χ2n) is 7.51. The molecule has 0 aliphatic carbocycles. The van der Waals surface area contributed by atoms with Gasteiger partial charge in [0.15, 0.2) is 9.74 Å². The standard InChI is InChI=1S/C18H18BrN3O3S2/c1-16(20-3)9-18-15(24)21(4)17(2,27(18)26)14(23)22(18)13(16)11-8-10(25-5)6-7-12(11)19/h6-8,13H,9H2,1-2,4-5H3/t13-,16-,17-,18-,27?/m0/s1. The van der Waals surface area contributed by atoms with Crippen LogP contribution >= 0.6 is 15.9 Å². The zero-order valence-electron chi connectivity index (χ0n) is 15.3. The van der Waals surface area contributed by atoms with E-state index in [1.807, 2.05) is 25.1 Å². The molecular formula is C18H18BrN3O3S2. The third-order valence-corrected chi connectivity index (χ3v) is 11.0. The van der Waals surface area contributed by atoms with Crippen molar-refractivity contribution in [3.8, 4) is 5.75 Å². The first-order valence-corrected chi connectivity index (χ1v) is 11.3. The summed E-state index contributed by atoms with van der Waals surface area (Å²) in [7, 11) is 2.27. The number of amides is 2. The Morgan fingerprint density at radius 3 is 2.63 bits per heavy atom. The molecule has 9 heteroatoms. The van der Waals surface area contributed by atoms with Crippen molar-refractivity contribution in [2.24, 2.45) is 0 Å². The maximum Gasteiger partial charge on any atom is 0.261 e. The van der Waals surface area contributed by atoms with Crippen LogP contribution in [0.5, 0.6) is 5.75 Å². The molecule has 0 radical (unpaired) electrons. The first-order chi connectivity index (χ1) is 12.6. The van der Waals surface area contributed by atoms with Crippen LogP contribution in [-0.4, -0.2) is 51.1 Å². The van der Waals surface area contributed by atoms with Crippen molar-refractivity contribution in [3.63, 3.8) is 0 Å².